The van der Waals surface area contributed by atoms with Crippen molar-refractivity contribution in [3.8, 4) is 68.1 Å². The molecule has 13 rings (SSSR count). The second-order valence-electron chi connectivity index (χ2n) is 17.9. The molecule has 0 unspecified atom stereocenters. The molecule has 74 heavy (non-hydrogen) atoms. The van der Waals surface area contributed by atoms with Gasteiger partial charge in [0.25, 0.3) is 0 Å². The lowest BCUT2D eigenvalue weighted by molar-refractivity contribution is 0.584. The lowest BCUT2D eigenvalue weighted by atomic mass is 9.85. The summed E-state index contributed by atoms with van der Waals surface area (Å²) in [4.78, 5) is 4.62. The zero-order valence-electron chi connectivity index (χ0n) is 39.9. The standard InChI is InChI=1S/C66H44N6O2/c1-6-18-47(19-7-1)63-67-69-65(73-63)49-34-30-45(31-35-49)61-57-28-16-17-29-58(57)62(46-32-36-50(37-33-46)66-70-68-64(74-66)48-20-8-2-9-21-48)60-44-56(42-43-59(60)61)72(53-26-14-5-15-27-53)55-40-38-54(39-41-55)71(51-22-10-3-11-23-51)52-24-12-4-13-25-52/h1-44H. The van der Waals surface area contributed by atoms with Crippen LogP contribution in [-0.2, 0) is 0 Å². The minimum absolute atomic E-state index is 0.461. The summed E-state index contributed by atoms with van der Waals surface area (Å²) >= 11 is 0. The van der Waals surface area contributed by atoms with Crippen molar-refractivity contribution in [3.05, 3.63) is 267 Å². The third kappa shape index (κ3) is 8.32. The van der Waals surface area contributed by atoms with Crippen molar-refractivity contribution in [1.82, 2.24) is 20.4 Å². The molecule has 0 aliphatic heterocycles. The highest BCUT2D eigenvalue weighted by molar-refractivity contribution is 6.22. The number of rotatable bonds is 12. The average Bonchev–Trinajstić information content (AvgIpc) is 4.19. The Morgan fingerprint density at radius 1 is 0.216 bits per heavy atom. The van der Waals surface area contributed by atoms with Gasteiger partial charge >= 0.3 is 0 Å². The van der Waals surface area contributed by atoms with E-state index in [1.54, 1.807) is 0 Å². The second-order valence-corrected chi connectivity index (χ2v) is 17.9. The molecule has 2 heterocycles. The Morgan fingerprint density at radius 3 is 0.878 bits per heavy atom. The topological polar surface area (TPSA) is 84.3 Å². The second kappa shape index (κ2) is 19.2. The zero-order valence-corrected chi connectivity index (χ0v) is 39.9. The molecule has 8 heteroatoms. The number of anilines is 6. The molecule has 0 aliphatic rings. The molecule has 0 bridgehead atoms. The van der Waals surface area contributed by atoms with Crippen LogP contribution in [0.4, 0.5) is 34.1 Å². The average molecular weight is 953 g/mol. The van der Waals surface area contributed by atoms with Gasteiger partial charge in [-0.05, 0) is 165 Å². The number of fused-ring (bicyclic) bond motifs is 2. The van der Waals surface area contributed by atoms with Crippen LogP contribution in [0, 0.1) is 0 Å². The van der Waals surface area contributed by atoms with Crippen LogP contribution in [0.25, 0.3) is 89.6 Å². The highest BCUT2D eigenvalue weighted by Gasteiger charge is 2.22. The van der Waals surface area contributed by atoms with Crippen LogP contribution in [0.3, 0.4) is 0 Å². The van der Waals surface area contributed by atoms with E-state index < -0.39 is 0 Å². The van der Waals surface area contributed by atoms with Crippen molar-refractivity contribution in [2.24, 2.45) is 0 Å². The van der Waals surface area contributed by atoms with E-state index in [9.17, 15) is 0 Å². The Bertz CT molecular complexity index is 4000. The Morgan fingerprint density at radius 2 is 0.486 bits per heavy atom. The van der Waals surface area contributed by atoms with Crippen LogP contribution in [0.2, 0.25) is 0 Å². The lowest BCUT2D eigenvalue weighted by Gasteiger charge is -2.29. The molecule has 13 aromatic rings. The fourth-order valence-electron chi connectivity index (χ4n) is 9.94. The molecular weight excluding hydrogens is 909 g/mol. The van der Waals surface area contributed by atoms with Crippen LogP contribution >= 0.6 is 0 Å². The van der Waals surface area contributed by atoms with Crippen molar-refractivity contribution in [1.29, 1.82) is 0 Å². The molecule has 2 aromatic heterocycles. The zero-order chi connectivity index (χ0) is 49.2. The van der Waals surface area contributed by atoms with Gasteiger partial charge < -0.3 is 18.6 Å². The monoisotopic (exact) mass is 952 g/mol. The minimum atomic E-state index is 0.461. The smallest absolute Gasteiger partial charge is 0.248 e. The van der Waals surface area contributed by atoms with Crippen molar-refractivity contribution >= 4 is 55.7 Å². The van der Waals surface area contributed by atoms with Gasteiger partial charge in [-0.3, -0.25) is 0 Å². The fraction of sp³-hybridized carbons (Fsp3) is 0. The van der Waals surface area contributed by atoms with Gasteiger partial charge in [-0.15, -0.1) is 20.4 Å². The molecule has 0 N–H and O–H groups in total. The first kappa shape index (κ1) is 43.8. The van der Waals surface area contributed by atoms with Crippen LogP contribution < -0.4 is 9.80 Å². The van der Waals surface area contributed by atoms with E-state index >= 15 is 0 Å². The minimum Gasteiger partial charge on any atom is -0.416 e. The summed E-state index contributed by atoms with van der Waals surface area (Å²) in [5.41, 5.74) is 14.1. The van der Waals surface area contributed by atoms with Crippen LogP contribution in [0.15, 0.2) is 276 Å². The largest absolute Gasteiger partial charge is 0.416 e. The van der Waals surface area contributed by atoms with Gasteiger partial charge in [-0.1, -0.05) is 146 Å². The van der Waals surface area contributed by atoms with Gasteiger partial charge in [0.05, 0.1) is 0 Å². The molecular formula is C66H44N6O2. The molecule has 0 saturated carbocycles. The van der Waals surface area contributed by atoms with E-state index in [-0.39, 0.29) is 0 Å². The molecule has 0 radical (unpaired) electrons. The number of nitrogens with zero attached hydrogens (tertiary/aromatic N) is 6. The van der Waals surface area contributed by atoms with Gasteiger partial charge in [-0.2, -0.15) is 0 Å². The van der Waals surface area contributed by atoms with E-state index in [2.05, 4.69) is 236 Å². The molecule has 0 spiro atoms. The van der Waals surface area contributed by atoms with E-state index in [1.807, 2.05) is 60.7 Å². The summed E-state index contributed by atoms with van der Waals surface area (Å²) in [6.07, 6.45) is 0. The SMILES string of the molecule is c1ccc(-c2nnc(-c3ccc(-c4c5ccccc5c(-c5ccc(-c6nnc(-c7ccccc7)o6)cc5)c5cc(N(c6ccccc6)c6ccc(N(c7ccccc7)c7ccccc7)cc6)ccc45)cc3)o2)cc1. The lowest BCUT2D eigenvalue weighted by Crippen LogP contribution is -2.12. The Balaban J connectivity index is 0.962. The molecule has 11 aromatic carbocycles. The summed E-state index contributed by atoms with van der Waals surface area (Å²) in [6, 6.07) is 92.6. The fourth-order valence-corrected chi connectivity index (χ4v) is 9.94. The van der Waals surface area contributed by atoms with Crippen LogP contribution in [0.5, 0.6) is 0 Å². The normalized spacial score (nSPS) is 11.2. The quantitative estimate of drug-likeness (QED) is 0.112. The maximum atomic E-state index is 6.21. The third-order valence-electron chi connectivity index (χ3n) is 13.4. The molecule has 0 aliphatic carbocycles. The predicted octanol–water partition coefficient (Wildman–Crippen LogP) is 17.7. The molecule has 350 valence electrons. The molecule has 0 fully saturated rings. The number of benzene rings is 11. The van der Waals surface area contributed by atoms with Crippen molar-refractivity contribution in [3.63, 3.8) is 0 Å². The highest BCUT2D eigenvalue weighted by atomic mass is 16.4. The Kier molecular flexibility index (Phi) is 11.4. The van der Waals surface area contributed by atoms with Crippen molar-refractivity contribution in [2.45, 2.75) is 0 Å². The van der Waals surface area contributed by atoms with Gasteiger partial charge in [0.1, 0.15) is 0 Å². The summed E-state index contributed by atoms with van der Waals surface area (Å²) in [7, 11) is 0. The maximum absolute atomic E-state index is 6.21. The molecule has 0 amide bonds. The number of aromatic nitrogens is 4. The van der Waals surface area contributed by atoms with E-state index in [0.717, 1.165) is 100 Å². The van der Waals surface area contributed by atoms with Crippen LogP contribution in [0.1, 0.15) is 0 Å². The van der Waals surface area contributed by atoms with Crippen LogP contribution in [-0.4, -0.2) is 20.4 Å². The van der Waals surface area contributed by atoms with E-state index in [0.29, 0.717) is 23.6 Å². The predicted molar refractivity (Wildman–Crippen MR) is 299 cm³/mol. The summed E-state index contributed by atoms with van der Waals surface area (Å²) in [5.74, 6) is 1.89. The first-order valence-corrected chi connectivity index (χ1v) is 24.5. The molecule has 0 saturated heterocycles. The summed E-state index contributed by atoms with van der Waals surface area (Å²) in [5, 5.41) is 22.1. The Labute approximate surface area is 427 Å². The molecule has 8 nitrogen and oxygen atoms in total. The molecule has 0 atom stereocenters. The van der Waals surface area contributed by atoms with E-state index in [4.69, 9.17) is 8.83 Å². The summed E-state index contributed by atoms with van der Waals surface area (Å²) in [6.45, 7) is 0. The van der Waals surface area contributed by atoms with Gasteiger partial charge in [0.2, 0.25) is 23.6 Å². The van der Waals surface area contributed by atoms with Gasteiger partial charge in [0, 0.05) is 56.4 Å². The highest BCUT2D eigenvalue weighted by Crippen LogP contribution is 2.47. The Hall–Kier alpha value is -10.2. The number of para-hydroxylation sites is 3. The number of hydrogen-bond donors (Lipinski definition) is 0. The van der Waals surface area contributed by atoms with Crippen molar-refractivity contribution < 1.29 is 8.83 Å². The third-order valence-corrected chi connectivity index (χ3v) is 13.4. The number of hydrogen-bond acceptors (Lipinski definition) is 8. The van der Waals surface area contributed by atoms with Gasteiger partial charge in [-0.25, -0.2) is 0 Å². The van der Waals surface area contributed by atoms with Gasteiger partial charge in [0.15, 0.2) is 0 Å². The summed E-state index contributed by atoms with van der Waals surface area (Å²) < 4.78 is 12.4. The van der Waals surface area contributed by atoms with Crippen molar-refractivity contribution in [2.75, 3.05) is 9.80 Å². The first-order valence-electron chi connectivity index (χ1n) is 24.5. The first-order chi connectivity index (χ1) is 36.7. The van der Waals surface area contributed by atoms with E-state index in [1.165, 1.54) is 0 Å². The maximum Gasteiger partial charge on any atom is 0.248 e.